The van der Waals surface area contributed by atoms with Crippen LogP contribution in [-0.2, 0) is 4.79 Å². The quantitative estimate of drug-likeness (QED) is 0.908. The minimum Gasteiger partial charge on any atom is -0.493 e. The Balaban J connectivity index is 1.45. The third-order valence-electron chi connectivity index (χ3n) is 4.96. The lowest BCUT2D eigenvalue weighted by atomic mass is 9.98. The number of hydrogen-bond acceptors (Lipinski definition) is 3. The van der Waals surface area contributed by atoms with Gasteiger partial charge in [0.1, 0.15) is 5.75 Å². The Hall–Kier alpha value is -1.55. The molecule has 2 aliphatic rings. The monoisotopic (exact) mass is 302 g/mol. The van der Waals surface area contributed by atoms with Gasteiger partial charge in [-0.05, 0) is 50.3 Å². The Labute approximate surface area is 132 Å². The summed E-state index contributed by atoms with van der Waals surface area (Å²) in [5, 5.41) is 3.62. The van der Waals surface area contributed by atoms with Gasteiger partial charge in [-0.3, -0.25) is 4.79 Å². The second-order valence-electron chi connectivity index (χ2n) is 6.68. The van der Waals surface area contributed by atoms with Crippen LogP contribution in [0.2, 0.25) is 0 Å². The van der Waals surface area contributed by atoms with Gasteiger partial charge in [0.2, 0.25) is 5.91 Å². The molecule has 1 amide bonds. The van der Waals surface area contributed by atoms with Crippen LogP contribution in [0.5, 0.6) is 5.75 Å². The molecule has 0 radical (unpaired) electrons. The number of piperidine rings is 1. The van der Waals surface area contributed by atoms with E-state index in [2.05, 4.69) is 5.32 Å². The Morgan fingerprint density at radius 1 is 1.32 bits per heavy atom. The highest BCUT2D eigenvalue weighted by Gasteiger charge is 2.36. The van der Waals surface area contributed by atoms with Gasteiger partial charge in [0.15, 0.2) is 0 Å². The van der Waals surface area contributed by atoms with Crippen LogP contribution in [0.1, 0.15) is 37.7 Å². The Morgan fingerprint density at radius 2 is 2.05 bits per heavy atom. The Kier molecular flexibility index (Phi) is 4.67. The molecule has 1 N–H and O–H groups in total. The van der Waals surface area contributed by atoms with E-state index in [4.69, 9.17) is 4.74 Å². The van der Waals surface area contributed by atoms with E-state index in [0.717, 1.165) is 18.6 Å². The first kappa shape index (κ1) is 15.3. The van der Waals surface area contributed by atoms with Crippen LogP contribution < -0.4 is 10.1 Å². The van der Waals surface area contributed by atoms with Crippen molar-refractivity contribution in [1.82, 2.24) is 10.2 Å². The van der Waals surface area contributed by atoms with Crippen molar-refractivity contribution >= 4 is 5.91 Å². The van der Waals surface area contributed by atoms with Crippen molar-refractivity contribution in [3.63, 3.8) is 0 Å². The van der Waals surface area contributed by atoms with E-state index in [9.17, 15) is 4.79 Å². The molecule has 0 aliphatic carbocycles. The zero-order chi connectivity index (χ0) is 15.5. The van der Waals surface area contributed by atoms with Crippen LogP contribution in [0.4, 0.5) is 0 Å². The van der Waals surface area contributed by atoms with Gasteiger partial charge < -0.3 is 15.0 Å². The van der Waals surface area contributed by atoms with Crippen molar-refractivity contribution in [2.45, 2.75) is 57.2 Å². The summed E-state index contributed by atoms with van der Waals surface area (Å²) in [4.78, 5) is 14.3. The number of aryl methyl sites for hydroxylation is 1. The third-order valence-corrected chi connectivity index (χ3v) is 4.96. The Morgan fingerprint density at radius 3 is 2.73 bits per heavy atom. The molecule has 0 aromatic heterocycles. The standard InChI is InChI=1S/C18H26N2O2/c1-13-4-3-5-17(10-13)22-9-8-18(21)20(2)16-11-14-6-7-15(12-16)19-14/h3-5,10,14-16,19H,6-9,11-12H2,1-2H3. The van der Waals surface area contributed by atoms with E-state index in [1.807, 2.05) is 43.1 Å². The summed E-state index contributed by atoms with van der Waals surface area (Å²) in [6.45, 7) is 2.49. The van der Waals surface area contributed by atoms with Gasteiger partial charge in [-0.25, -0.2) is 0 Å². The minimum absolute atomic E-state index is 0.193. The van der Waals surface area contributed by atoms with Gasteiger partial charge in [0.25, 0.3) is 0 Å². The summed E-state index contributed by atoms with van der Waals surface area (Å²) in [6, 6.07) is 9.57. The molecule has 2 unspecified atom stereocenters. The number of ether oxygens (including phenoxy) is 1. The van der Waals surface area contributed by atoms with Gasteiger partial charge in [-0.2, -0.15) is 0 Å². The van der Waals surface area contributed by atoms with Crippen molar-refractivity contribution in [3.8, 4) is 5.75 Å². The van der Waals surface area contributed by atoms with Gasteiger partial charge in [-0.15, -0.1) is 0 Å². The molecule has 2 atom stereocenters. The number of fused-ring (bicyclic) bond motifs is 2. The first-order chi connectivity index (χ1) is 10.6. The normalized spacial score (nSPS) is 26.7. The van der Waals surface area contributed by atoms with Gasteiger partial charge in [-0.1, -0.05) is 12.1 Å². The molecular weight excluding hydrogens is 276 g/mol. The van der Waals surface area contributed by atoms with Gasteiger partial charge in [0, 0.05) is 25.2 Å². The number of benzene rings is 1. The molecule has 4 nitrogen and oxygen atoms in total. The van der Waals surface area contributed by atoms with E-state index in [-0.39, 0.29) is 5.91 Å². The second-order valence-corrected chi connectivity index (χ2v) is 6.68. The van der Waals surface area contributed by atoms with Crippen molar-refractivity contribution < 1.29 is 9.53 Å². The predicted molar refractivity (Wildman–Crippen MR) is 87.0 cm³/mol. The van der Waals surface area contributed by atoms with E-state index >= 15 is 0 Å². The number of amides is 1. The fraction of sp³-hybridized carbons (Fsp3) is 0.611. The topological polar surface area (TPSA) is 41.6 Å². The first-order valence-corrected chi connectivity index (χ1v) is 8.33. The maximum absolute atomic E-state index is 12.4. The maximum atomic E-state index is 12.4. The van der Waals surface area contributed by atoms with Crippen LogP contribution in [-0.4, -0.2) is 42.6 Å². The predicted octanol–water partition coefficient (Wildman–Crippen LogP) is 2.51. The van der Waals surface area contributed by atoms with Crippen molar-refractivity contribution in [2.24, 2.45) is 0 Å². The fourth-order valence-corrected chi connectivity index (χ4v) is 3.68. The number of nitrogens with zero attached hydrogens (tertiary/aromatic N) is 1. The SMILES string of the molecule is Cc1cccc(OCCC(=O)N(C)C2CC3CCC(C2)N3)c1. The highest BCUT2D eigenvalue weighted by Crippen LogP contribution is 2.29. The molecule has 2 aliphatic heterocycles. The number of carbonyl (C=O) groups excluding carboxylic acids is 1. The average Bonchev–Trinajstić information content (AvgIpc) is 2.85. The molecule has 22 heavy (non-hydrogen) atoms. The molecule has 3 rings (SSSR count). The molecule has 1 aromatic carbocycles. The molecule has 4 heteroatoms. The number of hydrogen-bond donors (Lipinski definition) is 1. The van der Waals surface area contributed by atoms with Gasteiger partial charge >= 0.3 is 0 Å². The zero-order valence-electron chi connectivity index (χ0n) is 13.5. The third kappa shape index (κ3) is 3.61. The molecule has 0 saturated carbocycles. The summed E-state index contributed by atoms with van der Waals surface area (Å²) in [7, 11) is 1.95. The van der Waals surface area contributed by atoms with Crippen molar-refractivity contribution in [3.05, 3.63) is 29.8 Å². The van der Waals surface area contributed by atoms with E-state index in [1.165, 1.54) is 18.4 Å². The number of carbonyl (C=O) groups is 1. The van der Waals surface area contributed by atoms with Crippen LogP contribution in [0.25, 0.3) is 0 Å². The molecule has 1 aromatic rings. The molecule has 2 heterocycles. The zero-order valence-corrected chi connectivity index (χ0v) is 13.5. The summed E-state index contributed by atoms with van der Waals surface area (Å²) in [6.07, 6.45) is 5.16. The van der Waals surface area contributed by atoms with Crippen molar-refractivity contribution in [2.75, 3.05) is 13.7 Å². The summed E-state index contributed by atoms with van der Waals surface area (Å²) < 4.78 is 5.69. The number of rotatable bonds is 5. The maximum Gasteiger partial charge on any atom is 0.225 e. The molecule has 0 spiro atoms. The largest absolute Gasteiger partial charge is 0.493 e. The van der Waals surface area contributed by atoms with E-state index in [1.54, 1.807) is 0 Å². The highest BCUT2D eigenvalue weighted by atomic mass is 16.5. The lowest BCUT2D eigenvalue weighted by molar-refractivity contribution is -0.133. The Bertz CT molecular complexity index is 520. The van der Waals surface area contributed by atoms with Crippen LogP contribution in [0, 0.1) is 6.92 Å². The van der Waals surface area contributed by atoms with E-state index in [0.29, 0.717) is 31.2 Å². The first-order valence-electron chi connectivity index (χ1n) is 8.33. The smallest absolute Gasteiger partial charge is 0.225 e. The highest BCUT2D eigenvalue weighted by molar-refractivity contribution is 5.76. The van der Waals surface area contributed by atoms with Crippen LogP contribution >= 0.6 is 0 Å². The molecular formula is C18H26N2O2. The van der Waals surface area contributed by atoms with E-state index < -0.39 is 0 Å². The molecule has 2 fully saturated rings. The summed E-state index contributed by atoms with van der Waals surface area (Å²) in [5.41, 5.74) is 1.17. The van der Waals surface area contributed by atoms with Crippen molar-refractivity contribution in [1.29, 1.82) is 0 Å². The lowest BCUT2D eigenvalue weighted by Gasteiger charge is -2.35. The fourth-order valence-electron chi connectivity index (χ4n) is 3.68. The van der Waals surface area contributed by atoms with Crippen LogP contribution in [0.3, 0.4) is 0 Å². The minimum atomic E-state index is 0.193. The van der Waals surface area contributed by atoms with Crippen LogP contribution in [0.15, 0.2) is 24.3 Å². The second kappa shape index (κ2) is 6.69. The molecule has 2 saturated heterocycles. The lowest BCUT2D eigenvalue weighted by Crippen LogP contribution is -2.48. The summed E-state index contributed by atoms with van der Waals surface area (Å²) in [5.74, 6) is 1.04. The molecule has 120 valence electrons. The number of nitrogens with one attached hydrogen (secondary N) is 1. The summed E-state index contributed by atoms with van der Waals surface area (Å²) >= 11 is 0. The average molecular weight is 302 g/mol. The van der Waals surface area contributed by atoms with Gasteiger partial charge in [0.05, 0.1) is 13.0 Å². The molecule has 2 bridgehead atoms.